The Kier molecular flexibility index (Phi) is 7.62. The number of carbonyl (C=O) groups is 1. The van der Waals surface area contributed by atoms with Crippen molar-refractivity contribution in [1.29, 1.82) is 0 Å². The van der Waals surface area contributed by atoms with Gasteiger partial charge in [-0.1, -0.05) is 6.08 Å². The normalized spacial score (nSPS) is 16.7. The highest BCUT2D eigenvalue weighted by atomic mass is 16.5. The van der Waals surface area contributed by atoms with Crippen molar-refractivity contribution in [3.8, 4) is 0 Å². The summed E-state index contributed by atoms with van der Waals surface area (Å²) < 4.78 is 5.27. The number of morpholine rings is 1. The molecule has 1 heterocycles. The van der Waals surface area contributed by atoms with E-state index >= 15 is 0 Å². The van der Waals surface area contributed by atoms with Crippen LogP contribution in [-0.2, 0) is 9.53 Å². The van der Waals surface area contributed by atoms with Crippen LogP contribution in [0.1, 0.15) is 6.42 Å². The molecule has 5 nitrogen and oxygen atoms in total. The van der Waals surface area contributed by atoms with Gasteiger partial charge in [-0.25, -0.2) is 0 Å². The van der Waals surface area contributed by atoms with Crippen LogP contribution in [0.5, 0.6) is 0 Å². The lowest BCUT2D eigenvalue weighted by Gasteiger charge is -2.26. The first kappa shape index (κ1) is 14.2. The molecule has 5 heteroatoms. The van der Waals surface area contributed by atoms with Gasteiger partial charge < -0.3 is 15.4 Å². The summed E-state index contributed by atoms with van der Waals surface area (Å²) in [7, 11) is 0. The van der Waals surface area contributed by atoms with Crippen LogP contribution in [0.4, 0.5) is 0 Å². The van der Waals surface area contributed by atoms with Crippen LogP contribution in [-0.4, -0.2) is 63.3 Å². The fourth-order valence-electron chi connectivity index (χ4n) is 1.66. The van der Waals surface area contributed by atoms with Crippen molar-refractivity contribution in [2.45, 2.75) is 6.42 Å². The number of carbonyl (C=O) groups excluding carboxylic acids is 1. The quantitative estimate of drug-likeness (QED) is 0.448. The lowest BCUT2D eigenvalue weighted by Crippen LogP contribution is -2.40. The first-order chi connectivity index (χ1) is 8.33. The van der Waals surface area contributed by atoms with Gasteiger partial charge in [0.15, 0.2) is 0 Å². The first-order valence-corrected chi connectivity index (χ1v) is 6.21. The maximum atomic E-state index is 11.2. The van der Waals surface area contributed by atoms with Crippen LogP contribution < -0.4 is 10.6 Å². The zero-order valence-corrected chi connectivity index (χ0v) is 10.4. The van der Waals surface area contributed by atoms with Gasteiger partial charge in [0.1, 0.15) is 0 Å². The van der Waals surface area contributed by atoms with Crippen LogP contribution in [0.2, 0.25) is 0 Å². The van der Waals surface area contributed by atoms with Crippen LogP contribution in [0.25, 0.3) is 0 Å². The monoisotopic (exact) mass is 241 g/mol. The van der Waals surface area contributed by atoms with E-state index in [-0.39, 0.29) is 5.91 Å². The maximum Gasteiger partial charge on any atom is 0.221 e. The summed E-state index contributed by atoms with van der Waals surface area (Å²) in [6.07, 6.45) is 2.21. The summed E-state index contributed by atoms with van der Waals surface area (Å²) in [5, 5.41) is 6.02. The fraction of sp³-hybridized carbons (Fsp3) is 0.750. The molecule has 0 bridgehead atoms. The molecule has 0 aliphatic carbocycles. The molecule has 0 atom stereocenters. The number of hydrogen-bond acceptors (Lipinski definition) is 4. The molecule has 17 heavy (non-hydrogen) atoms. The molecule has 0 saturated carbocycles. The molecule has 1 amide bonds. The van der Waals surface area contributed by atoms with Gasteiger partial charge in [-0.2, -0.15) is 0 Å². The van der Waals surface area contributed by atoms with E-state index in [1.54, 1.807) is 6.08 Å². The van der Waals surface area contributed by atoms with Gasteiger partial charge in [0, 0.05) is 45.7 Å². The third-order valence-electron chi connectivity index (χ3n) is 2.68. The van der Waals surface area contributed by atoms with Crippen molar-refractivity contribution in [3.05, 3.63) is 12.7 Å². The Morgan fingerprint density at radius 2 is 2.12 bits per heavy atom. The lowest BCUT2D eigenvalue weighted by atomic mass is 10.3. The minimum absolute atomic E-state index is 0.0729. The molecule has 1 aliphatic rings. The zero-order chi connectivity index (χ0) is 12.3. The fourth-order valence-corrected chi connectivity index (χ4v) is 1.66. The molecular weight excluding hydrogens is 218 g/mol. The molecule has 0 aromatic heterocycles. The summed E-state index contributed by atoms with van der Waals surface area (Å²) in [5.74, 6) is 0.0729. The third-order valence-corrected chi connectivity index (χ3v) is 2.68. The molecule has 0 aromatic carbocycles. The molecule has 0 unspecified atom stereocenters. The molecule has 0 spiro atoms. The molecule has 2 N–H and O–H groups in total. The van der Waals surface area contributed by atoms with Gasteiger partial charge in [0.25, 0.3) is 0 Å². The van der Waals surface area contributed by atoms with E-state index in [4.69, 9.17) is 4.74 Å². The predicted octanol–water partition coefficient (Wildman–Crippen LogP) is -0.399. The SMILES string of the molecule is C=CCNC(=O)CCNCCN1CCOCC1. The highest BCUT2D eigenvalue weighted by Gasteiger charge is 2.08. The summed E-state index contributed by atoms with van der Waals surface area (Å²) in [5.41, 5.74) is 0. The second-order valence-electron chi connectivity index (χ2n) is 4.05. The van der Waals surface area contributed by atoms with E-state index in [2.05, 4.69) is 22.1 Å². The number of hydrogen-bond donors (Lipinski definition) is 2. The van der Waals surface area contributed by atoms with Crippen molar-refractivity contribution in [2.24, 2.45) is 0 Å². The minimum Gasteiger partial charge on any atom is -0.379 e. The Morgan fingerprint density at radius 3 is 2.82 bits per heavy atom. The highest BCUT2D eigenvalue weighted by molar-refractivity contribution is 5.76. The molecule has 1 aliphatic heterocycles. The standard InChI is InChI=1S/C12H23N3O2/c1-2-4-14-12(16)3-5-13-6-7-15-8-10-17-11-9-15/h2,13H,1,3-11H2,(H,14,16). The Hall–Kier alpha value is -0.910. The van der Waals surface area contributed by atoms with E-state index in [0.29, 0.717) is 13.0 Å². The van der Waals surface area contributed by atoms with Crippen LogP contribution in [0, 0.1) is 0 Å². The number of nitrogens with one attached hydrogen (secondary N) is 2. The molecular formula is C12H23N3O2. The average molecular weight is 241 g/mol. The molecule has 0 radical (unpaired) electrons. The summed E-state index contributed by atoms with van der Waals surface area (Å²) >= 11 is 0. The second-order valence-corrected chi connectivity index (χ2v) is 4.05. The van der Waals surface area contributed by atoms with Gasteiger partial charge in [-0.3, -0.25) is 9.69 Å². The number of amides is 1. The minimum atomic E-state index is 0.0729. The van der Waals surface area contributed by atoms with Gasteiger partial charge in [0.2, 0.25) is 5.91 Å². The lowest BCUT2D eigenvalue weighted by molar-refractivity contribution is -0.120. The van der Waals surface area contributed by atoms with Crippen molar-refractivity contribution >= 4 is 5.91 Å². The van der Waals surface area contributed by atoms with Crippen LogP contribution >= 0.6 is 0 Å². The van der Waals surface area contributed by atoms with Gasteiger partial charge in [-0.15, -0.1) is 6.58 Å². The van der Waals surface area contributed by atoms with Gasteiger partial charge in [-0.05, 0) is 0 Å². The van der Waals surface area contributed by atoms with E-state index in [9.17, 15) is 4.79 Å². The van der Waals surface area contributed by atoms with Gasteiger partial charge in [0.05, 0.1) is 13.2 Å². The van der Waals surface area contributed by atoms with Crippen LogP contribution in [0.3, 0.4) is 0 Å². The topological polar surface area (TPSA) is 53.6 Å². The van der Waals surface area contributed by atoms with E-state index in [1.165, 1.54) is 0 Å². The zero-order valence-electron chi connectivity index (χ0n) is 10.4. The van der Waals surface area contributed by atoms with Crippen LogP contribution in [0.15, 0.2) is 12.7 Å². The molecule has 1 rings (SSSR count). The molecule has 1 fully saturated rings. The number of nitrogens with zero attached hydrogens (tertiary/aromatic N) is 1. The van der Waals surface area contributed by atoms with E-state index < -0.39 is 0 Å². The number of rotatable bonds is 8. The van der Waals surface area contributed by atoms with Gasteiger partial charge >= 0.3 is 0 Å². The van der Waals surface area contributed by atoms with Crippen molar-refractivity contribution < 1.29 is 9.53 Å². The van der Waals surface area contributed by atoms with Crippen molar-refractivity contribution in [3.63, 3.8) is 0 Å². The van der Waals surface area contributed by atoms with Crippen molar-refractivity contribution in [2.75, 3.05) is 52.5 Å². The maximum absolute atomic E-state index is 11.2. The van der Waals surface area contributed by atoms with E-state index in [0.717, 1.165) is 45.9 Å². The Labute approximate surface area is 103 Å². The molecule has 1 saturated heterocycles. The summed E-state index contributed by atoms with van der Waals surface area (Å²) in [6.45, 7) is 10.5. The Bertz CT molecular complexity index is 228. The predicted molar refractivity (Wildman–Crippen MR) is 68.0 cm³/mol. The van der Waals surface area contributed by atoms with E-state index in [1.807, 2.05) is 0 Å². The smallest absolute Gasteiger partial charge is 0.221 e. The van der Waals surface area contributed by atoms with Crippen molar-refractivity contribution in [1.82, 2.24) is 15.5 Å². The molecule has 98 valence electrons. The Balaban J connectivity index is 1.89. The molecule has 0 aromatic rings. The third kappa shape index (κ3) is 7.10. The first-order valence-electron chi connectivity index (χ1n) is 6.21. The Morgan fingerprint density at radius 1 is 1.35 bits per heavy atom. The summed E-state index contributed by atoms with van der Waals surface area (Å²) in [6, 6.07) is 0. The number of ether oxygens (including phenoxy) is 1. The second kappa shape index (κ2) is 9.15. The highest BCUT2D eigenvalue weighted by Crippen LogP contribution is 1.94. The largest absolute Gasteiger partial charge is 0.379 e. The average Bonchev–Trinajstić information content (AvgIpc) is 2.37. The summed E-state index contributed by atoms with van der Waals surface area (Å²) in [4.78, 5) is 13.6.